The van der Waals surface area contributed by atoms with Crippen LogP contribution in [0.5, 0.6) is 0 Å². The van der Waals surface area contributed by atoms with Gasteiger partial charge in [0.1, 0.15) is 0 Å². The second kappa shape index (κ2) is 2.97. The predicted molar refractivity (Wildman–Crippen MR) is 68.5 cm³/mol. The molecule has 1 heterocycles. The van der Waals surface area contributed by atoms with Crippen molar-refractivity contribution >= 4 is 37.2 Å². The first kappa shape index (κ1) is 8.74. The van der Waals surface area contributed by atoms with Crippen LogP contribution in [0.1, 0.15) is 5.56 Å². The lowest BCUT2D eigenvalue weighted by Crippen LogP contribution is -1.81. The standard InChI is InChI=1S/C13H11NS/c1-8-2-4-12-10(6-8)11-7-9(14)3-5-13(11)15-12/h2-7H,14H2,1H3. The maximum Gasteiger partial charge on any atom is 0.0356 e. The third-order valence-electron chi connectivity index (χ3n) is 2.65. The molecule has 0 radical (unpaired) electrons. The zero-order valence-corrected chi connectivity index (χ0v) is 9.27. The number of nitrogens with two attached hydrogens (primary N) is 1. The Bertz CT molecular complexity index is 596. The van der Waals surface area contributed by atoms with Gasteiger partial charge in [0.05, 0.1) is 0 Å². The molecule has 0 aliphatic carbocycles. The molecule has 0 spiro atoms. The van der Waals surface area contributed by atoms with Gasteiger partial charge in [0.2, 0.25) is 0 Å². The van der Waals surface area contributed by atoms with E-state index in [1.54, 1.807) is 0 Å². The summed E-state index contributed by atoms with van der Waals surface area (Å²) in [5.41, 5.74) is 7.95. The first-order chi connectivity index (χ1) is 7.24. The number of aryl methyl sites for hydroxylation is 1. The minimum atomic E-state index is 0.837. The fourth-order valence-corrected chi connectivity index (χ4v) is 2.98. The van der Waals surface area contributed by atoms with Crippen LogP contribution in [0.25, 0.3) is 20.2 Å². The molecule has 0 fully saturated rings. The zero-order valence-electron chi connectivity index (χ0n) is 8.45. The van der Waals surface area contributed by atoms with E-state index >= 15 is 0 Å². The maximum absolute atomic E-state index is 5.82. The summed E-state index contributed by atoms with van der Waals surface area (Å²) in [5.74, 6) is 0. The van der Waals surface area contributed by atoms with Crippen molar-refractivity contribution in [1.29, 1.82) is 0 Å². The molecule has 0 aliphatic heterocycles. The van der Waals surface area contributed by atoms with Gasteiger partial charge in [0.15, 0.2) is 0 Å². The molecule has 0 unspecified atom stereocenters. The van der Waals surface area contributed by atoms with Crippen molar-refractivity contribution in [2.45, 2.75) is 6.92 Å². The average molecular weight is 213 g/mol. The van der Waals surface area contributed by atoms with Crippen molar-refractivity contribution < 1.29 is 0 Å². The number of fused-ring (bicyclic) bond motifs is 3. The molecule has 0 saturated heterocycles. The molecule has 2 N–H and O–H groups in total. The van der Waals surface area contributed by atoms with E-state index in [9.17, 15) is 0 Å². The van der Waals surface area contributed by atoms with Crippen LogP contribution < -0.4 is 5.73 Å². The zero-order chi connectivity index (χ0) is 10.4. The highest BCUT2D eigenvalue weighted by Gasteiger charge is 2.04. The molecule has 0 bridgehead atoms. The third-order valence-corrected chi connectivity index (χ3v) is 3.80. The molecular weight excluding hydrogens is 202 g/mol. The minimum absolute atomic E-state index is 0.837. The van der Waals surface area contributed by atoms with E-state index in [0.29, 0.717) is 0 Å². The number of rotatable bonds is 0. The second-order valence-electron chi connectivity index (χ2n) is 3.86. The van der Waals surface area contributed by atoms with E-state index in [1.807, 2.05) is 17.4 Å². The van der Waals surface area contributed by atoms with Gasteiger partial charge in [-0.2, -0.15) is 0 Å². The van der Waals surface area contributed by atoms with Gasteiger partial charge in [0, 0.05) is 25.9 Å². The average Bonchev–Trinajstić information content (AvgIpc) is 2.56. The van der Waals surface area contributed by atoms with Crippen LogP contribution in [0.3, 0.4) is 0 Å². The lowest BCUT2D eigenvalue weighted by Gasteiger charge is -1.95. The number of hydrogen-bond acceptors (Lipinski definition) is 2. The summed E-state index contributed by atoms with van der Waals surface area (Å²) in [6.45, 7) is 2.12. The molecule has 74 valence electrons. The van der Waals surface area contributed by atoms with Crippen LogP contribution in [0, 0.1) is 6.92 Å². The van der Waals surface area contributed by atoms with Gasteiger partial charge in [-0.3, -0.25) is 0 Å². The Morgan fingerprint density at radius 2 is 1.60 bits per heavy atom. The highest BCUT2D eigenvalue weighted by Crippen LogP contribution is 2.35. The van der Waals surface area contributed by atoms with E-state index in [0.717, 1.165) is 5.69 Å². The molecule has 15 heavy (non-hydrogen) atoms. The Labute approximate surface area is 92.1 Å². The van der Waals surface area contributed by atoms with Gasteiger partial charge < -0.3 is 5.73 Å². The molecule has 1 nitrogen and oxygen atoms in total. The highest BCUT2D eigenvalue weighted by atomic mass is 32.1. The van der Waals surface area contributed by atoms with Crippen molar-refractivity contribution in [3.63, 3.8) is 0 Å². The van der Waals surface area contributed by atoms with Crippen molar-refractivity contribution in [3.8, 4) is 0 Å². The Morgan fingerprint density at radius 1 is 0.933 bits per heavy atom. The molecule has 2 aromatic carbocycles. The summed E-state index contributed by atoms with van der Waals surface area (Å²) in [5, 5.41) is 2.60. The molecule has 2 heteroatoms. The second-order valence-corrected chi connectivity index (χ2v) is 4.94. The summed E-state index contributed by atoms with van der Waals surface area (Å²) < 4.78 is 2.64. The summed E-state index contributed by atoms with van der Waals surface area (Å²) in [7, 11) is 0. The molecule has 1 aromatic heterocycles. The molecule has 0 atom stereocenters. The summed E-state index contributed by atoms with van der Waals surface area (Å²) >= 11 is 1.82. The molecule has 3 rings (SSSR count). The van der Waals surface area contributed by atoms with Gasteiger partial charge in [-0.15, -0.1) is 11.3 Å². The third kappa shape index (κ3) is 1.29. The molecule has 0 saturated carbocycles. The molecule has 0 aliphatic rings. The van der Waals surface area contributed by atoms with Gasteiger partial charge in [-0.05, 0) is 37.3 Å². The quantitative estimate of drug-likeness (QED) is 0.562. The topological polar surface area (TPSA) is 26.0 Å². The Balaban J connectivity index is 2.55. The molecule has 3 aromatic rings. The van der Waals surface area contributed by atoms with E-state index < -0.39 is 0 Å². The van der Waals surface area contributed by atoms with Crippen LogP contribution in [-0.2, 0) is 0 Å². The lowest BCUT2D eigenvalue weighted by atomic mass is 10.1. The number of benzene rings is 2. The van der Waals surface area contributed by atoms with Gasteiger partial charge >= 0.3 is 0 Å². The van der Waals surface area contributed by atoms with Gasteiger partial charge in [0.25, 0.3) is 0 Å². The first-order valence-corrected chi connectivity index (χ1v) is 5.74. The number of thiophene rings is 1. The molecule has 0 amide bonds. The van der Waals surface area contributed by atoms with Gasteiger partial charge in [-0.1, -0.05) is 11.6 Å². The Morgan fingerprint density at radius 3 is 2.40 bits per heavy atom. The fraction of sp³-hybridized carbons (Fsp3) is 0.0769. The number of nitrogen functional groups attached to an aromatic ring is 1. The lowest BCUT2D eigenvalue weighted by molar-refractivity contribution is 1.52. The van der Waals surface area contributed by atoms with Crippen LogP contribution in [-0.4, -0.2) is 0 Å². The van der Waals surface area contributed by atoms with Crippen LogP contribution in [0.15, 0.2) is 36.4 Å². The van der Waals surface area contributed by atoms with Crippen molar-refractivity contribution in [3.05, 3.63) is 42.0 Å². The van der Waals surface area contributed by atoms with Crippen molar-refractivity contribution in [2.24, 2.45) is 0 Å². The Kier molecular flexibility index (Phi) is 1.73. The Hall–Kier alpha value is -1.54. The van der Waals surface area contributed by atoms with E-state index in [1.165, 1.54) is 25.7 Å². The summed E-state index contributed by atoms with van der Waals surface area (Å²) in [4.78, 5) is 0. The fourth-order valence-electron chi connectivity index (χ4n) is 1.91. The van der Waals surface area contributed by atoms with Crippen LogP contribution >= 0.6 is 11.3 Å². The largest absolute Gasteiger partial charge is 0.399 e. The van der Waals surface area contributed by atoms with E-state index in [4.69, 9.17) is 5.73 Å². The first-order valence-electron chi connectivity index (χ1n) is 4.92. The summed E-state index contributed by atoms with van der Waals surface area (Å²) in [6, 6.07) is 12.7. The minimum Gasteiger partial charge on any atom is -0.399 e. The van der Waals surface area contributed by atoms with Crippen molar-refractivity contribution in [2.75, 3.05) is 5.73 Å². The van der Waals surface area contributed by atoms with E-state index in [2.05, 4.69) is 37.3 Å². The highest BCUT2D eigenvalue weighted by molar-refractivity contribution is 7.25. The van der Waals surface area contributed by atoms with Gasteiger partial charge in [-0.25, -0.2) is 0 Å². The SMILES string of the molecule is Cc1ccc2sc3ccc(N)cc3c2c1. The number of anilines is 1. The number of hydrogen-bond donors (Lipinski definition) is 1. The van der Waals surface area contributed by atoms with Crippen LogP contribution in [0.2, 0.25) is 0 Å². The van der Waals surface area contributed by atoms with Crippen molar-refractivity contribution in [1.82, 2.24) is 0 Å². The normalized spacial score (nSPS) is 11.3. The molecular formula is C13H11NS. The maximum atomic E-state index is 5.82. The summed E-state index contributed by atoms with van der Waals surface area (Å²) in [6.07, 6.45) is 0. The monoisotopic (exact) mass is 213 g/mol. The predicted octanol–water partition coefficient (Wildman–Crippen LogP) is 3.95. The van der Waals surface area contributed by atoms with E-state index in [-0.39, 0.29) is 0 Å². The van der Waals surface area contributed by atoms with Crippen LogP contribution in [0.4, 0.5) is 5.69 Å². The smallest absolute Gasteiger partial charge is 0.0356 e.